The van der Waals surface area contributed by atoms with Crippen LogP contribution in [0.1, 0.15) is 37.1 Å². The van der Waals surface area contributed by atoms with Crippen molar-refractivity contribution in [1.29, 1.82) is 0 Å². The van der Waals surface area contributed by atoms with Gasteiger partial charge in [0.2, 0.25) is 0 Å². The molecular weight excluding hydrogens is 284 g/mol. The second-order valence-electron chi connectivity index (χ2n) is 6.39. The summed E-state index contributed by atoms with van der Waals surface area (Å²) < 4.78 is 1.85. The lowest BCUT2D eigenvalue weighted by Gasteiger charge is -2.24. The Balaban J connectivity index is 1.68. The van der Waals surface area contributed by atoms with Crippen LogP contribution < -0.4 is 0 Å². The molecule has 0 spiro atoms. The molecule has 1 aliphatic rings. The molecule has 1 aliphatic heterocycles. The van der Waals surface area contributed by atoms with E-state index in [1.807, 2.05) is 29.9 Å². The highest BCUT2D eigenvalue weighted by molar-refractivity contribution is 5.79. The van der Waals surface area contributed by atoms with E-state index in [2.05, 4.69) is 46.2 Å². The molecule has 1 fully saturated rings. The van der Waals surface area contributed by atoms with Crippen LogP contribution in [0.4, 0.5) is 0 Å². The third-order valence-corrected chi connectivity index (χ3v) is 4.94. The van der Waals surface area contributed by atoms with E-state index >= 15 is 0 Å². The van der Waals surface area contributed by atoms with Crippen LogP contribution in [0.15, 0.2) is 42.7 Å². The molecule has 0 amide bonds. The van der Waals surface area contributed by atoms with Gasteiger partial charge in [-0.3, -0.25) is 4.90 Å². The highest BCUT2D eigenvalue weighted by atomic mass is 15.2. The van der Waals surface area contributed by atoms with Crippen LogP contribution >= 0.6 is 0 Å². The van der Waals surface area contributed by atoms with Crippen molar-refractivity contribution in [2.45, 2.75) is 32.7 Å². The maximum Gasteiger partial charge on any atom is 0.163 e. The summed E-state index contributed by atoms with van der Waals surface area (Å²) in [6.45, 7) is 6.80. The Morgan fingerprint density at radius 2 is 1.83 bits per heavy atom. The first-order valence-electron chi connectivity index (χ1n) is 8.38. The Morgan fingerprint density at radius 3 is 2.57 bits per heavy atom. The predicted octanol–water partition coefficient (Wildman–Crippen LogP) is 3.86. The predicted molar refractivity (Wildman–Crippen MR) is 92.4 cm³/mol. The van der Waals surface area contributed by atoms with Gasteiger partial charge in [0.15, 0.2) is 5.65 Å². The zero-order valence-corrected chi connectivity index (χ0v) is 13.7. The van der Waals surface area contributed by atoms with Gasteiger partial charge in [0.1, 0.15) is 0 Å². The molecule has 0 saturated carbocycles. The first-order valence-corrected chi connectivity index (χ1v) is 8.38. The van der Waals surface area contributed by atoms with E-state index in [-0.39, 0.29) is 0 Å². The van der Waals surface area contributed by atoms with Gasteiger partial charge in [-0.15, -0.1) is 0 Å². The minimum Gasteiger partial charge on any atom is -0.297 e. The van der Waals surface area contributed by atoms with Crippen molar-refractivity contribution in [3.8, 4) is 11.1 Å². The largest absolute Gasteiger partial charge is 0.297 e. The van der Waals surface area contributed by atoms with E-state index in [1.54, 1.807) is 0 Å². The SMILES string of the molecule is Cc1nn2cccnc2c1-c1ccc(C(C)N2CCCC2)cc1. The summed E-state index contributed by atoms with van der Waals surface area (Å²) in [5.74, 6) is 0. The summed E-state index contributed by atoms with van der Waals surface area (Å²) in [4.78, 5) is 7.06. The second kappa shape index (κ2) is 5.78. The maximum absolute atomic E-state index is 4.56. The van der Waals surface area contributed by atoms with Crippen molar-refractivity contribution in [1.82, 2.24) is 19.5 Å². The number of aromatic nitrogens is 3. The molecule has 3 aromatic rings. The monoisotopic (exact) mass is 306 g/mol. The van der Waals surface area contributed by atoms with Gasteiger partial charge in [0.25, 0.3) is 0 Å². The molecule has 4 heteroatoms. The van der Waals surface area contributed by atoms with Gasteiger partial charge in [0.05, 0.1) is 5.69 Å². The number of hydrogen-bond acceptors (Lipinski definition) is 3. The summed E-state index contributed by atoms with van der Waals surface area (Å²) in [5, 5.41) is 4.56. The van der Waals surface area contributed by atoms with Gasteiger partial charge in [-0.2, -0.15) is 5.10 Å². The van der Waals surface area contributed by atoms with E-state index in [9.17, 15) is 0 Å². The lowest BCUT2D eigenvalue weighted by molar-refractivity contribution is 0.263. The average molecular weight is 306 g/mol. The Bertz CT molecular complexity index is 813. The van der Waals surface area contributed by atoms with Crippen molar-refractivity contribution in [2.24, 2.45) is 0 Å². The van der Waals surface area contributed by atoms with Gasteiger partial charge in [-0.05, 0) is 57.0 Å². The van der Waals surface area contributed by atoms with E-state index in [0.717, 1.165) is 16.9 Å². The summed E-state index contributed by atoms with van der Waals surface area (Å²) in [6.07, 6.45) is 6.43. The van der Waals surface area contributed by atoms with Gasteiger partial charge in [-0.1, -0.05) is 24.3 Å². The lowest BCUT2D eigenvalue weighted by Crippen LogP contribution is -2.23. The van der Waals surface area contributed by atoms with Crippen LogP contribution in [0.3, 0.4) is 0 Å². The van der Waals surface area contributed by atoms with Crippen LogP contribution in [-0.4, -0.2) is 32.6 Å². The molecule has 1 aromatic carbocycles. The Hall–Kier alpha value is -2.20. The summed E-state index contributed by atoms with van der Waals surface area (Å²) >= 11 is 0. The Labute approximate surface area is 136 Å². The topological polar surface area (TPSA) is 33.4 Å². The van der Waals surface area contributed by atoms with Crippen LogP contribution in [0, 0.1) is 6.92 Å². The molecule has 4 rings (SSSR count). The number of fused-ring (bicyclic) bond motifs is 1. The molecule has 2 aromatic heterocycles. The molecule has 23 heavy (non-hydrogen) atoms. The molecule has 3 heterocycles. The smallest absolute Gasteiger partial charge is 0.163 e. The number of rotatable bonds is 3. The number of benzene rings is 1. The first-order chi connectivity index (χ1) is 11.2. The van der Waals surface area contributed by atoms with Crippen molar-refractivity contribution < 1.29 is 0 Å². The molecule has 1 atom stereocenters. The molecule has 1 unspecified atom stereocenters. The fraction of sp³-hybridized carbons (Fsp3) is 0.368. The molecule has 1 saturated heterocycles. The van der Waals surface area contributed by atoms with E-state index in [0.29, 0.717) is 6.04 Å². The van der Waals surface area contributed by atoms with Crippen LogP contribution in [-0.2, 0) is 0 Å². The summed E-state index contributed by atoms with van der Waals surface area (Å²) in [5.41, 5.74) is 5.65. The normalized spacial score (nSPS) is 17.0. The third-order valence-electron chi connectivity index (χ3n) is 4.94. The minimum absolute atomic E-state index is 0.495. The molecular formula is C19H22N4. The zero-order valence-electron chi connectivity index (χ0n) is 13.7. The highest BCUT2D eigenvalue weighted by Crippen LogP contribution is 2.30. The second-order valence-corrected chi connectivity index (χ2v) is 6.39. The van der Waals surface area contributed by atoms with Gasteiger partial charge < -0.3 is 0 Å². The van der Waals surface area contributed by atoms with Gasteiger partial charge >= 0.3 is 0 Å². The number of hydrogen-bond donors (Lipinski definition) is 0. The molecule has 0 aliphatic carbocycles. The average Bonchev–Trinajstić information content (AvgIpc) is 3.21. The standard InChI is InChI=1S/C19H22N4/c1-14-18(19-20-10-5-13-23(19)21-14)17-8-6-16(7-9-17)15(2)22-11-3-4-12-22/h5-10,13,15H,3-4,11-12H2,1-2H3. The number of nitrogens with zero attached hydrogens (tertiary/aromatic N) is 4. The molecule has 4 nitrogen and oxygen atoms in total. The molecule has 118 valence electrons. The molecule has 0 radical (unpaired) electrons. The molecule has 0 bridgehead atoms. The van der Waals surface area contributed by atoms with Crippen LogP contribution in [0.2, 0.25) is 0 Å². The third kappa shape index (κ3) is 2.53. The number of likely N-dealkylation sites (tertiary alicyclic amines) is 1. The quantitative estimate of drug-likeness (QED) is 0.736. The zero-order chi connectivity index (χ0) is 15.8. The van der Waals surface area contributed by atoms with Crippen molar-refractivity contribution in [2.75, 3.05) is 13.1 Å². The van der Waals surface area contributed by atoms with Gasteiger partial charge in [0, 0.05) is 24.0 Å². The fourth-order valence-electron chi connectivity index (χ4n) is 3.60. The maximum atomic E-state index is 4.56. The Kier molecular flexibility index (Phi) is 3.62. The van der Waals surface area contributed by atoms with Crippen molar-refractivity contribution in [3.05, 3.63) is 54.0 Å². The van der Waals surface area contributed by atoms with Crippen molar-refractivity contribution >= 4 is 5.65 Å². The number of aryl methyl sites for hydroxylation is 1. The first kappa shape index (κ1) is 14.4. The fourth-order valence-corrected chi connectivity index (χ4v) is 3.60. The van der Waals surface area contributed by atoms with E-state index in [4.69, 9.17) is 0 Å². The summed E-state index contributed by atoms with van der Waals surface area (Å²) in [7, 11) is 0. The molecule has 0 N–H and O–H groups in total. The minimum atomic E-state index is 0.495. The van der Waals surface area contributed by atoms with Crippen molar-refractivity contribution in [3.63, 3.8) is 0 Å². The summed E-state index contributed by atoms with van der Waals surface area (Å²) in [6, 6.07) is 11.3. The van der Waals surface area contributed by atoms with E-state index < -0.39 is 0 Å². The lowest BCUT2D eigenvalue weighted by atomic mass is 10.0. The van der Waals surface area contributed by atoms with Crippen LogP contribution in [0.25, 0.3) is 16.8 Å². The van der Waals surface area contributed by atoms with Gasteiger partial charge in [-0.25, -0.2) is 9.50 Å². The Morgan fingerprint density at radius 1 is 1.09 bits per heavy atom. The van der Waals surface area contributed by atoms with Crippen LogP contribution in [0.5, 0.6) is 0 Å². The van der Waals surface area contributed by atoms with E-state index in [1.165, 1.54) is 37.1 Å². The highest BCUT2D eigenvalue weighted by Gasteiger charge is 2.19.